The van der Waals surface area contributed by atoms with E-state index in [1.807, 2.05) is 0 Å². The van der Waals surface area contributed by atoms with Gasteiger partial charge >= 0.3 is 0 Å². The van der Waals surface area contributed by atoms with Gasteiger partial charge in [0.25, 0.3) is 0 Å². The number of hydrogen-bond acceptors (Lipinski definition) is 3. The molecule has 122 valence electrons. The monoisotopic (exact) mass is 302 g/mol. The molecule has 1 fully saturated rings. The van der Waals surface area contributed by atoms with Crippen LogP contribution in [-0.4, -0.2) is 31.8 Å². The molecule has 0 aromatic heterocycles. The first-order valence-corrected chi connectivity index (χ1v) is 8.94. The summed E-state index contributed by atoms with van der Waals surface area (Å²) >= 11 is 0. The quantitative estimate of drug-likeness (QED) is 0.919. The van der Waals surface area contributed by atoms with E-state index in [0.29, 0.717) is 12.1 Å². The number of hydrogen-bond donors (Lipinski definition) is 1. The molecule has 0 spiro atoms. The molecule has 1 atom stereocenters. The predicted octanol–water partition coefficient (Wildman–Crippen LogP) is 3.61. The van der Waals surface area contributed by atoms with Crippen LogP contribution in [0.15, 0.2) is 18.2 Å². The van der Waals surface area contributed by atoms with Crippen molar-refractivity contribution < 1.29 is 4.74 Å². The Hall–Kier alpha value is -1.22. The zero-order valence-electron chi connectivity index (χ0n) is 14.3. The van der Waals surface area contributed by atoms with Crippen molar-refractivity contribution in [3.8, 4) is 5.75 Å². The van der Waals surface area contributed by atoms with Gasteiger partial charge in [-0.15, -0.1) is 0 Å². The summed E-state index contributed by atoms with van der Waals surface area (Å²) in [5.41, 5.74) is 2.76. The lowest BCUT2D eigenvalue weighted by Gasteiger charge is -2.39. The first kappa shape index (κ1) is 15.7. The number of piperidine rings is 1. The van der Waals surface area contributed by atoms with Gasteiger partial charge in [0.05, 0.1) is 12.2 Å². The van der Waals surface area contributed by atoms with E-state index in [2.05, 4.69) is 49.2 Å². The molecule has 2 aliphatic heterocycles. The minimum absolute atomic E-state index is 0.324. The molecular weight excluding hydrogens is 272 g/mol. The van der Waals surface area contributed by atoms with Gasteiger partial charge in [0.2, 0.25) is 0 Å². The van der Waals surface area contributed by atoms with Crippen molar-refractivity contribution in [3.05, 3.63) is 23.8 Å². The Labute approximate surface area is 135 Å². The van der Waals surface area contributed by atoms with Gasteiger partial charge in [-0.2, -0.15) is 0 Å². The van der Waals surface area contributed by atoms with Crippen LogP contribution in [0.25, 0.3) is 0 Å². The highest BCUT2D eigenvalue weighted by Gasteiger charge is 2.26. The highest BCUT2D eigenvalue weighted by molar-refractivity contribution is 5.62. The van der Waals surface area contributed by atoms with Crippen LogP contribution in [0.2, 0.25) is 0 Å². The van der Waals surface area contributed by atoms with Crippen LogP contribution in [0.3, 0.4) is 0 Å². The zero-order chi connectivity index (χ0) is 15.5. The zero-order valence-corrected chi connectivity index (χ0v) is 14.3. The Morgan fingerprint density at radius 2 is 2.05 bits per heavy atom. The fourth-order valence-electron chi connectivity index (χ4n) is 3.67. The number of benzene rings is 1. The predicted molar refractivity (Wildman–Crippen MR) is 92.9 cm³/mol. The van der Waals surface area contributed by atoms with Crippen molar-refractivity contribution in [2.45, 2.75) is 58.6 Å². The molecule has 2 heterocycles. The van der Waals surface area contributed by atoms with Gasteiger partial charge in [-0.3, -0.25) is 0 Å². The van der Waals surface area contributed by atoms with Gasteiger partial charge in [0.15, 0.2) is 0 Å². The van der Waals surface area contributed by atoms with E-state index in [1.165, 1.54) is 43.6 Å². The van der Waals surface area contributed by atoms with Crippen LogP contribution < -0.4 is 15.0 Å². The minimum Gasteiger partial charge on any atom is -0.486 e. The summed E-state index contributed by atoms with van der Waals surface area (Å²) in [6.07, 6.45) is 5.21. The van der Waals surface area contributed by atoms with E-state index in [9.17, 15) is 0 Å². The molecule has 1 N–H and O–H groups in total. The lowest BCUT2D eigenvalue weighted by Crippen LogP contribution is -2.43. The number of anilines is 1. The highest BCUT2D eigenvalue weighted by atomic mass is 16.5. The second-order valence-corrected chi connectivity index (χ2v) is 7.09. The molecule has 3 rings (SSSR count). The standard InChI is InChI=1S/C19H30N2O/c1-4-17-13-21(14(2)3)18-12-16(5-6-19(18)22-17)11-15-7-9-20-10-8-15/h5-6,12,14-15,17,20H,4,7-11,13H2,1-3H3. The Kier molecular flexibility index (Phi) is 4.92. The van der Waals surface area contributed by atoms with E-state index in [-0.39, 0.29) is 0 Å². The molecule has 1 unspecified atom stereocenters. The molecule has 0 saturated carbocycles. The summed E-state index contributed by atoms with van der Waals surface area (Å²) in [7, 11) is 0. The largest absolute Gasteiger partial charge is 0.486 e. The molecule has 2 aliphatic rings. The van der Waals surface area contributed by atoms with Gasteiger partial charge in [-0.05, 0) is 76.2 Å². The van der Waals surface area contributed by atoms with Gasteiger partial charge in [0, 0.05) is 6.04 Å². The maximum Gasteiger partial charge on any atom is 0.143 e. The van der Waals surface area contributed by atoms with E-state index >= 15 is 0 Å². The molecule has 3 nitrogen and oxygen atoms in total. The number of nitrogens with zero attached hydrogens (tertiary/aromatic N) is 1. The summed E-state index contributed by atoms with van der Waals surface area (Å²) in [6, 6.07) is 7.37. The van der Waals surface area contributed by atoms with Crippen molar-refractivity contribution in [2.75, 3.05) is 24.5 Å². The van der Waals surface area contributed by atoms with Crippen molar-refractivity contribution in [3.63, 3.8) is 0 Å². The Morgan fingerprint density at radius 3 is 2.73 bits per heavy atom. The summed E-state index contributed by atoms with van der Waals surface area (Å²) in [5, 5.41) is 3.46. The maximum atomic E-state index is 6.15. The topological polar surface area (TPSA) is 24.5 Å². The molecule has 22 heavy (non-hydrogen) atoms. The van der Waals surface area contributed by atoms with Crippen molar-refractivity contribution in [1.29, 1.82) is 0 Å². The fraction of sp³-hybridized carbons (Fsp3) is 0.684. The minimum atomic E-state index is 0.324. The van der Waals surface area contributed by atoms with E-state index < -0.39 is 0 Å². The molecule has 0 radical (unpaired) electrons. The van der Waals surface area contributed by atoms with Crippen LogP contribution >= 0.6 is 0 Å². The first-order chi connectivity index (χ1) is 10.7. The number of nitrogens with one attached hydrogen (secondary N) is 1. The van der Waals surface area contributed by atoms with Gasteiger partial charge in [0.1, 0.15) is 11.9 Å². The third kappa shape index (κ3) is 3.40. The summed E-state index contributed by atoms with van der Waals surface area (Å²) < 4.78 is 6.15. The van der Waals surface area contributed by atoms with Crippen LogP contribution in [0.4, 0.5) is 5.69 Å². The SMILES string of the molecule is CCC1CN(C(C)C)c2cc(CC3CCNCC3)ccc2O1. The molecule has 1 aromatic carbocycles. The number of rotatable bonds is 4. The van der Waals surface area contributed by atoms with Crippen LogP contribution in [0.1, 0.15) is 45.6 Å². The van der Waals surface area contributed by atoms with E-state index in [4.69, 9.17) is 4.74 Å². The molecular formula is C19H30N2O. The van der Waals surface area contributed by atoms with Gasteiger partial charge in [-0.25, -0.2) is 0 Å². The highest BCUT2D eigenvalue weighted by Crippen LogP contribution is 2.37. The summed E-state index contributed by atoms with van der Waals surface area (Å²) in [5.74, 6) is 1.90. The molecule has 1 aromatic rings. The molecule has 3 heteroatoms. The number of ether oxygens (including phenoxy) is 1. The fourth-order valence-corrected chi connectivity index (χ4v) is 3.67. The van der Waals surface area contributed by atoms with Crippen LogP contribution in [0.5, 0.6) is 5.75 Å². The summed E-state index contributed by atoms with van der Waals surface area (Å²) in [4.78, 5) is 2.51. The normalized spacial score (nSPS) is 22.5. The third-order valence-corrected chi connectivity index (χ3v) is 5.09. The van der Waals surface area contributed by atoms with E-state index in [1.54, 1.807) is 0 Å². The first-order valence-electron chi connectivity index (χ1n) is 8.94. The van der Waals surface area contributed by atoms with Gasteiger partial charge in [-0.1, -0.05) is 13.0 Å². The average molecular weight is 302 g/mol. The van der Waals surface area contributed by atoms with E-state index in [0.717, 1.165) is 24.6 Å². The van der Waals surface area contributed by atoms with Crippen molar-refractivity contribution >= 4 is 5.69 Å². The molecule has 0 amide bonds. The smallest absolute Gasteiger partial charge is 0.143 e. The maximum absolute atomic E-state index is 6.15. The lowest BCUT2D eigenvalue weighted by atomic mass is 9.90. The Bertz CT molecular complexity index is 494. The average Bonchev–Trinajstić information content (AvgIpc) is 2.54. The number of fused-ring (bicyclic) bond motifs is 1. The Balaban J connectivity index is 1.80. The van der Waals surface area contributed by atoms with Crippen LogP contribution in [-0.2, 0) is 6.42 Å². The van der Waals surface area contributed by atoms with Crippen molar-refractivity contribution in [2.24, 2.45) is 5.92 Å². The molecule has 1 saturated heterocycles. The third-order valence-electron chi connectivity index (χ3n) is 5.09. The molecule has 0 aliphatic carbocycles. The van der Waals surface area contributed by atoms with Gasteiger partial charge < -0.3 is 15.0 Å². The van der Waals surface area contributed by atoms with Crippen molar-refractivity contribution in [1.82, 2.24) is 5.32 Å². The van der Waals surface area contributed by atoms with Crippen LogP contribution in [0, 0.1) is 5.92 Å². The summed E-state index contributed by atoms with van der Waals surface area (Å²) in [6.45, 7) is 10.1. The second kappa shape index (κ2) is 6.91. The lowest BCUT2D eigenvalue weighted by molar-refractivity contribution is 0.186. The second-order valence-electron chi connectivity index (χ2n) is 7.09. The molecule has 0 bridgehead atoms. The Morgan fingerprint density at radius 1 is 1.27 bits per heavy atom.